The van der Waals surface area contributed by atoms with Crippen LogP contribution in [-0.4, -0.2) is 24.0 Å². The second kappa shape index (κ2) is 6.55. The van der Waals surface area contributed by atoms with Crippen LogP contribution in [0, 0.1) is 25.7 Å². The maximum absolute atomic E-state index is 12.6. The van der Waals surface area contributed by atoms with E-state index in [4.69, 9.17) is 0 Å². The molecular weight excluding hydrogens is 308 g/mol. The Bertz CT molecular complexity index is 757. The molecule has 2 aromatic carbocycles. The summed E-state index contributed by atoms with van der Waals surface area (Å²) >= 11 is 0. The highest BCUT2D eigenvalue weighted by Crippen LogP contribution is 2.46. The number of likely N-dealkylation sites (tertiary alicyclic amines) is 1. The maximum Gasteiger partial charge on any atom is 0.321 e. The number of hydrogen-bond donors (Lipinski definition) is 1. The Morgan fingerprint density at radius 3 is 2.32 bits per heavy atom. The van der Waals surface area contributed by atoms with Crippen molar-refractivity contribution in [3.63, 3.8) is 0 Å². The van der Waals surface area contributed by atoms with Crippen LogP contribution in [0.25, 0.3) is 0 Å². The van der Waals surface area contributed by atoms with Gasteiger partial charge in [0.15, 0.2) is 0 Å². The fraction of sp³-hybridized carbons (Fsp3) is 0.409. The van der Waals surface area contributed by atoms with Crippen molar-refractivity contribution < 1.29 is 4.79 Å². The molecule has 3 nitrogen and oxygen atoms in total. The Labute approximate surface area is 150 Å². The molecule has 2 unspecified atom stereocenters. The molecule has 4 rings (SSSR count). The Morgan fingerprint density at radius 2 is 1.68 bits per heavy atom. The van der Waals surface area contributed by atoms with Gasteiger partial charge in [-0.1, -0.05) is 48.0 Å². The minimum atomic E-state index is 0.0533. The summed E-state index contributed by atoms with van der Waals surface area (Å²) < 4.78 is 0. The van der Waals surface area contributed by atoms with E-state index in [0.29, 0.717) is 17.8 Å². The van der Waals surface area contributed by atoms with Gasteiger partial charge in [-0.05, 0) is 61.6 Å². The van der Waals surface area contributed by atoms with Crippen LogP contribution in [0.4, 0.5) is 10.5 Å². The molecular formula is C22H26N2O. The van der Waals surface area contributed by atoms with Gasteiger partial charge in [0.2, 0.25) is 0 Å². The smallest absolute Gasteiger partial charge is 0.321 e. The van der Waals surface area contributed by atoms with Gasteiger partial charge < -0.3 is 10.2 Å². The van der Waals surface area contributed by atoms with Gasteiger partial charge in [0.1, 0.15) is 0 Å². The van der Waals surface area contributed by atoms with Gasteiger partial charge in [-0.2, -0.15) is 0 Å². The lowest BCUT2D eigenvalue weighted by Gasteiger charge is -2.21. The molecule has 25 heavy (non-hydrogen) atoms. The van der Waals surface area contributed by atoms with Crippen LogP contribution in [0.5, 0.6) is 0 Å². The van der Waals surface area contributed by atoms with Crippen molar-refractivity contribution in [1.82, 2.24) is 4.90 Å². The van der Waals surface area contributed by atoms with Crippen molar-refractivity contribution in [2.75, 3.05) is 18.4 Å². The molecule has 1 saturated carbocycles. The first-order valence-electron chi connectivity index (χ1n) is 9.28. The average molecular weight is 334 g/mol. The van der Waals surface area contributed by atoms with Crippen molar-refractivity contribution in [3.05, 3.63) is 65.2 Å². The van der Waals surface area contributed by atoms with Crippen LogP contribution in [-0.2, 0) is 0 Å². The normalized spacial score (nSPS) is 25.0. The van der Waals surface area contributed by atoms with Crippen molar-refractivity contribution in [3.8, 4) is 0 Å². The van der Waals surface area contributed by atoms with Gasteiger partial charge >= 0.3 is 6.03 Å². The number of aryl methyl sites for hydroxylation is 2. The Kier molecular flexibility index (Phi) is 4.24. The van der Waals surface area contributed by atoms with E-state index >= 15 is 0 Å². The first-order valence-corrected chi connectivity index (χ1v) is 9.28. The SMILES string of the molecule is Cc1ccc(NC(=O)N2CC3CC(c4ccccc4)CC3C2)c(C)c1. The summed E-state index contributed by atoms with van der Waals surface area (Å²) in [5, 5.41) is 3.10. The molecule has 1 N–H and O–H groups in total. The number of benzene rings is 2. The minimum Gasteiger partial charge on any atom is -0.324 e. The molecule has 0 radical (unpaired) electrons. The highest BCUT2D eigenvalue weighted by atomic mass is 16.2. The quantitative estimate of drug-likeness (QED) is 0.827. The monoisotopic (exact) mass is 334 g/mol. The third-order valence-corrected chi connectivity index (χ3v) is 5.93. The molecule has 1 saturated heterocycles. The molecule has 0 aromatic heterocycles. The predicted molar refractivity (Wildman–Crippen MR) is 102 cm³/mol. The molecule has 2 aromatic rings. The topological polar surface area (TPSA) is 32.3 Å². The zero-order valence-electron chi connectivity index (χ0n) is 15.0. The lowest BCUT2D eigenvalue weighted by molar-refractivity contribution is 0.218. The molecule has 0 bridgehead atoms. The van der Waals surface area contributed by atoms with Crippen molar-refractivity contribution in [2.45, 2.75) is 32.6 Å². The number of rotatable bonds is 2. The predicted octanol–water partition coefficient (Wildman–Crippen LogP) is 4.96. The molecule has 1 aliphatic carbocycles. The number of anilines is 1. The van der Waals surface area contributed by atoms with Crippen LogP contribution in [0.1, 0.15) is 35.4 Å². The van der Waals surface area contributed by atoms with E-state index in [-0.39, 0.29) is 6.03 Å². The van der Waals surface area contributed by atoms with E-state index in [1.807, 2.05) is 24.0 Å². The van der Waals surface area contributed by atoms with Gasteiger partial charge in [-0.15, -0.1) is 0 Å². The summed E-state index contributed by atoms with van der Waals surface area (Å²) in [4.78, 5) is 14.7. The van der Waals surface area contributed by atoms with E-state index in [1.165, 1.54) is 24.0 Å². The molecule has 2 atom stereocenters. The Balaban J connectivity index is 1.37. The third-order valence-electron chi connectivity index (χ3n) is 5.93. The average Bonchev–Trinajstić information content (AvgIpc) is 3.17. The largest absolute Gasteiger partial charge is 0.324 e. The summed E-state index contributed by atoms with van der Waals surface area (Å²) in [7, 11) is 0. The number of nitrogens with one attached hydrogen (secondary N) is 1. The standard InChI is InChI=1S/C22H26N2O/c1-15-8-9-21(16(2)10-15)23-22(25)24-13-19-11-18(12-20(19)14-24)17-6-4-3-5-7-17/h3-10,18-20H,11-14H2,1-2H3,(H,23,25). The summed E-state index contributed by atoms with van der Waals surface area (Å²) in [6.45, 7) is 5.91. The number of urea groups is 1. The highest BCUT2D eigenvalue weighted by molar-refractivity contribution is 5.90. The van der Waals surface area contributed by atoms with Crippen molar-refractivity contribution >= 4 is 11.7 Å². The molecule has 1 heterocycles. The molecule has 2 amide bonds. The van der Waals surface area contributed by atoms with E-state index in [2.05, 4.69) is 48.6 Å². The van der Waals surface area contributed by atoms with Gasteiger partial charge in [-0.25, -0.2) is 4.79 Å². The number of nitrogens with zero attached hydrogens (tertiary/aromatic N) is 1. The Morgan fingerprint density at radius 1 is 1.00 bits per heavy atom. The maximum atomic E-state index is 12.6. The van der Waals surface area contributed by atoms with Crippen LogP contribution < -0.4 is 5.32 Å². The fourth-order valence-corrected chi connectivity index (χ4v) is 4.61. The van der Waals surface area contributed by atoms with E-state index in [9.17, 15) is 4.79 Å². The number of amides is 2. The molecule has 2 aliphatic rings. The molecule has 1 aliphatic heterocycles. The van der Waals surface area contributed by atoms with Crippen molar-refractivity contribution in [2.24, 2.45) is 11.8 Å². The zero-order valence-corrected chi connectivity index (χ0v) is 15.0. The lowest BCUT2D eigenvalue weighted by atomic mass is 9.96. The van der Waals surface area contributed by atoms with Gasteiger partial charge in [0.25, 0.3) is 0 Å². The number of carbonyl (C=O) groups is 1. The van der Waals surface area contributed by atoms with E-state index < -0.39 is 0 Å². The molecule has 3 heteroatoms. The number of fused-ring (bicyclic) bond motifs is 1. The van der Waals surface area contributed by atoms with Crippen LogP contribution in [0.3, 0.4) is 0 Å². The van der Waals surface area contributed by atoms with E-state index in [0.717, 1.165) is 24.3 Å². The lowest BCUT2D eigenvalue weighted by Crippen LogP contribution is -2.34. The van der Waals surface area contributed by atoms with Crippen molar-refractivity contribution in [1.29, 1.82) is 0 Å². The van der Waals surface area contributed by atoms with Gasteiger partial charge in [0, 0.05) is 18.8 Å². The molecule has 2 fully saturated rings. The first kappa shape index (κ1) is 16.2. The highest BCUT2D eigenvalue weighted by Gasteiger charge is 2.42. The summed E-state index contributed by atoms with van der Waals surface area (Å²) in [5.41, 5.74) is 4.73. The summed E-state index contributed by atoms with van der Waals surface area (Å²) in [5.74, 6) is 1.96. The summed E-state index contributed by atoms with van der Waals surface area (Å²) in [6.07, 6.45) is 2.42. The first-order chi connectivity index (χ1) is 12.1. The van der Waals surface area contributed by atoms with Crippen LogP contribution in [0.15, 0.2) is 48.5 Å². The van der Waals surface area contributed by atoms with Crippen LogP contribution in [0.2, 0.25) is 0 Å². The second-order valence-corrected chi connectivity index (χ2v) is 7.75. The van der Waals surface area contributed by atoms with Gasteiger partial charge in [-0.3, -0.25) is 0 Å². The fourth-order valence-electron chi connectivity index (χ4n) is 4.61. The number of hydrogen-bond acceptors (Lipinski definition) is 1. The summed E-state index contributed by atoms with van der Waals surface area (Å²) in [6, 6.07) is 17.1. The van der Waals surface area contributed by atoms with Gasteiger partial charge in [0.05, 0.1) is 0 Å². The van der Waals surface area contributed by atoms with E-state index in [1.54, 1.807) is 0 Å². The third kappa shape index (κ3) is 3.28. The number of carbonyl (C=O) groups excluding carboxylic acids is 1. The Hall–Kier alpha value is -2.29. The van der Waals surface area contributed by atoms with Crippen LogP contribution >= 0.6 is 0 Å². The molecule has 0 spiro atoms. The molecule has 130 valence electrons. The minimum absolute atomic E-state index is 0.0533. The second-order valence-electron chi connectivity index (χ2n) is 7.75. The zero-order chi connectivity index (χ0) is 17.4.